The fraction of sp³-hybridized carbons (Fsp3) is 0.200. The third kappa shape index (κ3) is 4.68. The maximum atomic E-state index is 11.7. The molecular formula is C15H14Li2O2. The van der Waals surface area contributed by atoms with E-state index in [2.05, 4.69) is 0 Å². The van der Waals surface area contributed by atoms with Crippen molar-refractivity contribution in [1.29, 1.82) is 0 Å². The number of benzene rings is 2. The Balaban J connectivity index is 0.00000162. The molecule has 0 spiro atoms. The predicted molar refractivity (Wildman–Crippen MR) is 64.1 cm³/mol. The van der Waals surface area contributed by atoms with E-state index >= 15 is 0 Å². The largest absolute Gasteiger partial charge is 1.00 e. The molecule has 0 radical (unpaired) electrons. The van der Waals surface area contributed by atoms with Crippen LogP contribution in [0.15, 0.2) is 36.4 Å². The van der Waals surface area contributed by atoms with E-state index < -0.39 is 0 Å². The minimum atomic E-state index is -0.00324. The van der Waals surface area contributed by atoms with Crippen LogP contribution in [0.4, 0.5) is 0 Å². The smallest absolute Gasteiger partial charge is 0.872 e. The van der Waals surface area contributed by atoms with Crippen molar-refractivity contribution in [3.8, 4) is 11.5 Å². The maximum absolute atomic E-state index is 11.7. The first-order chi connectivity index (χ1) is 8.06. The third-order valence-corrected chi connectivity index (χ3v) is 2.81. The molecular weight excluding hydrogens is 226 g/mol. The molecule has 0 fully saturated rings. The molecule has 2 aromatic rings. The second-order valence-corrected chi connectivity index (χ2v) is 4.40. The Morgan fingerprint density at radius 2 is 1.11 bits per heavy atom. The van der Waals surface area contributed by atoms with Crippen molar-refractivity contribution < 1.29 is 47.9 Å². The molecule has 0 saturated heterocycles. The zero-order chi connectivity index (χ0) is 12.4. The van der Waals surface area contributed by atoms with Crippen LogP contribution in [-0.2, 0) is 6.42 Å². The summed E-state index contributed by atoms with van der Waals surface area (Å²) in [5.74, 6) is -0.00647. The summed E-state index contributed by atoms with van der Waals surface area (Å²) in [5.41, 5.74) is 3.46. The Labute approximate surface area is 138 Å². The molecule has 2 nitrogen and oxygen atoms in total. The van der Waals surface area contributed by atoms with Crippen molar-refractivity contribution in [1.82, 2.24) is 0 Å². The first-order valence-electron chi connectivity index (χ1n) is 5.59. The van der Waals surface area contributed by atoms with Gasteiger partial charge in [-0.25, -0.2) is 0 Å². The van der Waals surface area contributed by atoms with Crippen molar-refractivity contribution in [3.05, 3.63) is 58.7 Å². The van der Waals surface area contributed by atoms with Gasteiger partial charge in [0.2, 0.25) is 0 Å². The number of hydrogen-bond acceptors (Lipinski definition) is 2. The van der Waals surface area contributed by atoms with Gasteiger partial charge in [0.15, 0.2) is 0 Å². The molecule has 0 aromatic heterocycles. The van der Waals surface area contributed by atoms with Gasteiger partial charge in [-0.1, -0.05) is 58.7 Å². The molecule has 0 bridgehead atoms. The minimum absolute atomic E-state index is 0. The second-order valence-electron chi connectivity index (χ2n) is 4.40. The van der Waals surface area contributed by atoms with Gasteiger partial charge in [0.1, 0.15) is 0 Å². The summed E-state index contributed by atoms with van der Waals surface area (Å²) in [6.45, 7) is 3.88. The van der Waals surface area contributed by atoms with E-state index in [1.165, 1.54) is 0 Å². The van der Waals surface area contributed by atoms with Gasteiger partial charge in [0, 0.05) is 0 Å². The average Bonchev–Trinajstić information content (AvgIpc) is 2.28. The molecule has 88 valence electrons. The van der Waals surface area contributed by atoms with Crippen LogP contribution in [0.3, 0.4) is 0 Å². The van der Waals surface area contributed by atoms with Gasteiger partial charge in [-0.05, 0) is 20.3 Å². The van der Waals surface area contributed by atoms with E-state index in [9.17, 15) is 10.2 Å². The van der Waals surface area contributed by atoms with E-state index in [4.69, 9.17) is 0 Å². The second kappa shape index (κ2) is 7.73. The van der Waals surface area contributed by atoms with E-state index in [1.807, 2.05) is 26.0 Å². The molecule has 2 rings (SSSR count). The Hall–Kier alpha value is -0.765. The predicted octanol–water partition coefficient (Wildman–Crippen LogP) is -3.95. The molecule has 0 atom stereocenters. The standard InChI is InChI=1S/C15H16O2.2Li/c1-10-3-5-14(16)12(7-10)9-13-8-11(2)4-6-15(13)17;;/h3-8,16-17H,9H2,1-2H3;;/q;2*+1/p-2. The summed E-state index contributed by atoms with van der Waals surface area (Å²) in [6.07, 6.45) is 0.418. The van der Waals surface area contributed by atoms with Crippen LogP contribution in [0.5, 0.6) is 11.5 Å². The van der Waals surface area contributed by atoms with Crippen LogP contribution in [0.1, 0.15) is 22.3 Å². The summed E-state index contributed by atoms with van der Waals surface area (Å²) in [6, 6.07) is 10.4. The zero-order valence-corrected chi connectivity index (χ0v) is 12.0. The number of hydrogen-bond donors (Lipinski definition) is 0. The van der Waals surface area contributed by atoms with E-state index in [1.54, 1.807) is 24.3 Å². The molecule has 0 N–H and O–H groups in total. The molecule has 4 heteroatoms. The summed E-state index contributed by atoms with van der Waals surface area (Å²) >= 11 is 0. The Bertz CT molecular complexity index is 504. The maximum Gasteiger partial charge on any atom is 1.00 e. The SMILES string of the molecule is Cc1ccc([O-])c(Cc2cc(C)ccc2[O-])c1.[Li+].[Li+]. The Morgan fingerprint density at radius 3 is 1.47 bits per heavy atom. The van der Waals surface area contributed by atoms with Crippen LogP contribution in [0.25, 0.3) is 0 Å². The fourth-order valence-electron chi connectivity index (χ4n) is 1.90. The van der Waals surface area contributed by atoms with Gasteiger partial charge < -0.3 is 10.2 Å². The Kier molecular flexibility index (Phi) is 7.42. The van der Waals surface area contributed by atoms with Crippen molar-refractivity contribution in [3.63, 3.8) is 0 Å². The minimum Gasteiger partial charge on any atom is -0.872 e. The van der Waals surface area contributed by atoms with Crippen LogP contribution < -0.4 is 47.9 Å². The number of aryl methyl sites for hydroxylation is 2. The first kappa shape index (κ1) is 18.2. The number of rotatable bonds is 2. The molecule has 0 heterocycles. The molecule has 0 saturated carbocycles. The van der Waals surface area contributed by atoms with E-state index in [0.29, 0.717) is 17.5 Å². The average molecular weight is 240 g/mol. The van der Waals surface area contributed by atoms with Gasteiger partial charge in [-0.15, -0.1) is 11.5 Å². The van der Waals surface area contributed by atoms with Crippen LogP contribution in [-0.4, -0.2) is 0 Å². The zero-order valence-electron chi connectivity index (χ0n) is 12.0. The van der Waals surface area contributed by atoms with Crippen LogP contribution in [0.2, 0.25) is 0 Å². The van der Waals surface area contributed by atoms with Crippen LogP contribution in [0, 0.1) is 13.8 Å². The van der Waals surface area contributed by atoms with Crippen molar-refractivity contribution in [2.24, 2.45) is 0 Å². The molecule has 19 heavy (non-hydrogen) atoms. The molecule has 0 unspecified atom stereocenters. The van der Waals surface area contributed by atoms with Gasteiger partial charge in [0.05, 0.1) is 0 Å². The monoisotopic (exact) mass is 240 g/mol. The first-order valence-corrected chi connectivity index (χ1v) is 5.59. The van der Waals surface area contributed by atoms with Gasteiger partial charge in [0.25, 0.3) is 0 Å². The molecule has 0 amide bonds. The molecule has 2 aromatic carbocycles. The van der Waals surface area contributed by atoms with Gasteiger partial charge in [-0.3, -0.25) is 0 Å². The summed E-state index contributed by atoms with van der Waals surface area (Å²) in [5, 5.41) is 23.3. The van der Waals surface area contributed by atoms with Gasteiger partial charge in [-0.2, -0.15) is 0 Å². The quantitative estimate of drug-likeness (QED) is 0.503. The Morgan fingerprint density at radius 1 is 0.737 bits per heavy atom. The summed E-state index contributed by atoms with van der Waals surface area (Å²) in [7, 11) is 0. The molecule has 0 aliphatic rings. The third-order valence-electron chi connectivity index (χ3n) is 2.81. The molecule has 0 aliphatic carbocycles. The topological polar surface area (TPSA) is 46.1 Å². The summed E-state index contributed by atoms with van der Waals surface area (Å²) < 4.78 is 0. The van der Waals surface area contributed by atoms with E-state index in [0.717, 1.165) is 11.1 Å². The van der Waals surface area contributed by atoms with Crippen molar-refractivity contribution in [2.45, 2.75) is 20.3 Å². The fourth-order valence-corrected chi connectivity index (χ4v) is 1.90. The van der Waals surface area contributed by atoms with Crippen molar-refractivity contribution in [2.75, 3.05) is 0 Å². The van der Waals surface area contributed by atoms with Crippen LogP contribution >= 0.6 is 0 Å². The van der Waals surface area contributed by atoms with E-state index in [-0.39, 0.29) is 49.2 Å². The van der Waals surface area contributed by atoms with Crippen molar-refractivity contribution >= 4 is 0 Å². The molecule has 0 aliphatic heterocycles. The van der Waals surface area contributed by atoms with Gasteiger partial charge >= 0.3 is 37.7 Å². The summed E-state index contributed by atoms with van der Waals surface area (Å²) in [4.78, 5) is 0. The normalized spacial score (nSPS) is 9.37.